The van der Waals surface area contributed by atoms with E-state index in [0.29, 0.717) is 5.75 Å². The highest BCUT2D eigenvalue weighted by molar-refractivity contribution is 5.56. The number of piperidine rings is 1. The summed E-state index contributed by atoms with van der Waals surface area (Å²) in [5.41, 5.74) is 2.03. The molecule has 76 valence electrons. The van der Waals surface area contributed by atoms with E-state index in [1.165, 1.54) is 25.5 Å². The van der Waals surface area contributed by atoms with Crippen LogP contribution in [0.2, 0.25) is 0 Å². The average molecular weight is 192 g/mol. The van der Waals surface area contributed by atoms with E-state index in [4.69, 9.17) is 0 Å². The first-order valence-corrected chi connectivity index (χ1v) is 5.17. The Bertz CT molecular complexity index is 319. The molecule has 1 aliphatic rings. The second kappa shape index (κ2) is 3.86. The summed E-state index contributed by atoms with van der Waals surface area (Å²) in [6.45, 7) is 4.12. The van der Waals surface area contributed by atoms with Gasteiger partial charge < -0.3 is 10.0 Å². The smallest absolute Gasteiger partial charge is 0.138 e. The summed E-state index contributed by atoms with van der Waals surface area (Å²) in [5.74, 6) is 0.299. The van der Waals surface area contributed by atoms with Gasteiger partial charge in [-0.25, -0.2) is 0 Å². The molecule has 1 N–H and O–H groups in total. The summed E-state index contributed by atoms with van der Waals surface area (Å²) < 4.78 is 0. The molecule has 3 nitrogen and oxygen atoms in total. The standard InChI is InChI=1S/C11H16N2O/c1-9-10(7-12-8-11(9)14)13-5-3-2-4-6-13/h7-8,14H,2-6H2,1H3. The second-order valence-electron chi connectivity index (χ2n) is 3.85. The van der Waals surface area contributed by atoms with Crippen molar-refractivity contribution in [2.45, 2.75) is 26.2 Å². The van der Waals surface area contributed by atoms with E-state index in [2.05, 4.69) is 9.88 Å². The molecule has 2 rings (SSSR count). The van der Waals surface area contributed by atoms with E-state index in [9.17, 15) is 5.11 Å². The van der Waals surface area contributed by atoms with Crippen LogP contribution in [0.1, 0.15) is 24.8 Å². The second-order valence-corrected chi connectivity index (χ2v) is 3.85. The number of anilines is 1. The van der Waals surface area contributed by atoms with Crippen LogP contribution in [-0.2, 0) is 0 Å². The molecule has 1 aliphatic heterocycles. The molecule has 0 amide bonds. The number of aromatic nitrogens is 1. The molecule has 1 saturated heterocycles. The van der Waals surface area contributed by atoms with Crippen molar-refractivity contribution in [2.24, 2.45) is 0 Å². The summed E-state index contributed by atoms with van der Waals surface area (Å²) in [5, 5.41) is 9.54. The van der Waals surface area contributed by atoms with Crippen LogP contribution in [-0.4, -0.2) is 23.2 Å². The molecule has 0 unspecified atom stereocenters. The molecule has 14 heavy (non-hydrogen) atoms. The minimum atomic E-state index is 0.299. The third-order valence-corrected chi connectivity index (χ3v) is 2.86. The van der Waals surface area contributed by atoms with Gasteiger partial charge in [0.2, 0.25) is 0 Å². The van der Waals surface area contributed by atoms with Crippen molar-refractivity contribution < 1.29 is 5.11 Å². The Kier molecular flexibility index (Phi) is 2.57. The molecule has 1 aromatic heterocycles. The van der Waals surface area contributed by atoms with E-state index >= 15 is 0 Å². The molecule has 3 heteroatoms. The topological polar surface area (TPSA) is 36.4 Å². The van der Waals surface area contributed by atoms with Crippen LogP contribution < -0.4 is 4.90 Å². The van der Waals surface area contributed by atoms with Gasteiger partial charge in [-0.05, 0) is 26.2 Å². The van der Waals surface area contributed by atoms with Crippen molar-refractivity contribution in [2.75, 3.05) is 18.0 Å². The van der Waals surface area contributed by atoms with Crippen molar-refractivity contribution in [3.63, 3.8) is 0 Å². The van der Waals surface area contributed by atoms with Crippen LogP contribution in [0.25, 0.3) is 0 Å². The number of rotatable bonds is 1. The lowest BCUT2D eigenvalue weighted by atomic mass is 10.1. The van der Waals surface area contributed by atoms with Crippen molar-refractivity contribution in [1.82, 2.24) is 4.98 Å². The zero-order valence-electron chi connectivity index (χ0n) is 8.53. The van der Waals surface area contributed by atoms with Crippen molar-refractivity contribution in [3.8, 4) is 5.75 Å². The Hall–Kier alpha value is -1.25. The lowest BCUT2D eigenvalue weighted by molar-refractivity contribution is 0.467. The molecule has 0 spiro atoms. The van der Waals surface area contributed by atoms with Gasteiger partial charge in [-0.15, -0.1) is 0 Å². The van der Waals surface area contributed by atoms with Crippen LogP contribution in [0, 0.1) is 6.92 Å². The van der Waals surface area contributed by atoms with E-state index in [-0.39, 0.29) is 0 Å². The monoisotopic (exact) mass is 192 g/mol. The molecule has 1 fully saturated rings. The highest BCUT2D eigenvalue weighted by Gasteiger charge is 2.14. The Morgan fingerprint density at radius 2 is 1.93 bits per heavy atom. The summed E-state index contributed by atoms with van der Waals surface area (Å²) in [4.78, 5) is 6.34. The maximum atomic E-state index is 9.54. The number of aromatic hydroxyl groups is 1. The molecule has 1 aromatic rings. The van der Waals surface area contributed by atoms with Gasteiger partial charge >= 0.3 is 0 Å². The van der Waals surface area contributed by atoms with Gasteiger partial charge in [-0.1, -0.05) is 0 Å². The highest BCUT2D eigenvalue weighted by atomic mass is 16.3. The lowest BCUT2D eigenvalue weighted by Crippen LogP contribution is -2.30. The van der Waals surface area contributed by atoms with Gasteiger partial charge in [0.05, 0.1) is 18.1 Å². The normalized spacial score (nSPS) is 17.1. The first kappa shape index (κ1) is 9.31. The van der Waals surface area contributed by atoms with Gasteiger partial charge in [0.15, 0.2) is 0 Å². The quantitative estimate of drug-likeness (QED) is 0.740. The molecule has 0 aliphatic carbocycles. The third-order valence-electron chi connectivity index (χ3n) is 2.86. The fraction of sp³-hybridized carbons (Fsp3) is 0.545. The number of hydrogen-bond acceptors (Lipinski definition) is 3. The lowest BCUT2D eigenvalue weighted by Gasteiger charge is -2.29. The van der Waals surface area contributed by atoms with Crippen molar-refractivity contribution >= 4 is 5.69 Å². The molecule has 0 atom stereocenters. The summed E-state index contributed by atoms with van der Waals surface area (Å²) in [7, 11) is 0. The Morgan fingerprint density at radius 3 is 2.64 bits per heavy atom. The Labute approximate surface area is 84.4 Å². The molecule has 2 heterocycles. The zero-order chi connectivity index (χ0) is 9.97. The summed E-state index contributed by atoms with van der Waals surface area (Å²) >= 11 is 0. The van der Waals surface area contributed by atoms with Gasteiger partial charge in [-0.2, -0.15) is 0 Å². The summed E-state index contributed by atoms with van der Waals surface area (Å²) in [6, 6.07) is 0. The van der Waals surface area contributed by atoms with Crippen LogP contribution in [0.4, 0.5) is 5.69 Å². The van der Waals surface area contributed by atoms with Gasteiger partial charge in [0, 0.05) is 18.7 Å². The van der Waals surface area contributed by atoms with Gasteiger partial charge in [0.25, 0.3) is 0 Å². The van der Waals surface area contributed by atoms with Gasteiger partial charge in [0.1, 0.15) is 5.75 Å². The van der Waals surface area contributed by atoms with E-state index in [1.54, 1.807) is 0 Å². The Morgan fingerprint density at radius 1 is 1.21 bits per heavy atom. The predicted octanol–water partition coefficient (Wildman–Crippen LogP) is 2.09. The van der Waals surface area contributed by atoms with Crippen LogP contribution in [0.5, 0.6) is 5.75 Å². The highest BCUT2D eigenvalue weighted by Crippen LogP contribution is 2.27. The van der Waals surface area contributed by atoms with E-state index in [1.807, 2.05) is 13.1 Å². The van der Waals surface area contributed by atoms with E-state index < -0.39 is 0 Å². The fourth-order valence-electron chi connectivity index (χ4n) is 1.96. The van der Waals surface area contributed by atoms with Crippen molar-refractivity contribution in [3.05, 3.63) is 18.0 Å². The van der Waals surface area contributed by atoms with Crippen molar-refractivity contribution in [1.29, 1.82) is 0 Å². The predicted molar refractivity (Wildman–Crippen MR) is 56.7 cm³/mol. The number of nitrogens with zero attached hydrogens (tertiary/aromatic N) is 2. The largest absolute Gasteiger partial charge is 0.506 e. The molecule has 0 aromatic carbocycles. The number of pyridine rings is 1. The summed E-state index contributed by atoms with van der Waals surface area (Å²) in [6.07, 6.45) is 7.16. The molecule has 0 bridgehead atoms. The minimum Gasteiger partial charge on any atom is -0.506 e. The molecule has 0 saturated carbocycles. The van der Waals surface area contributed by atoms with Crippen LogP contribution in [0.3, 0.4) is 0 Å². The third kappa shape index (κ3) is 1.67. The van der Waals surface area contributed by atoms with Crippen LogP contribution in [0.15, 0.2) is 12.4 Å². The Balaban J connectivity index is 2.26. The van der Waals surface area contributed by atoms with Gasteiger partial charge in [-0.3, -0.25) is 4.98 Å². The molecule has 0 radical (unpaired) electrons. The number of hydrogen-bond donors (Lipinski definition) is 1. The first-order valence-electron chi connectivity index (χ1n) is 5.17. The molecular weight excluding hydrogens is 176 g/mol. The first-order chi connectivity index (χ1) is 6.79. The minimum absolute atomic E-state index is 0.299. The maximum absolute atomic E-state index is 9.54. The average Bonchev–Trinajstić information content (AvgIpc) is 2.23. The zero-order valence-corrected chi connectivity index (χ0v) is 8.53. The van der Waals surface area contributed by atoms with Crippen LogP contribution >= 0.6 is 0 Å². The SMILES string of the molecule is Cc1c(O)cncc1N1CCCCC1. The maximum Gasteiger partial charge on any atom is 0.138 e. The van der Waals surface area contributed by atoms with E-state index in [0.717, 1.165) is 24.3 Å². The molecular formula is C11H16N2O. The fourth-order valence-corrected chi connectivity index (χ4v) is 1.96.